The number of hydrogen-bond acceptors (Lipinski definition) is 3. The normalized spacial score (nSPS) is 28.5. The summed E-state index contributed by atoms with van der Waals surface area (Å²) in [6.07, 6.45) is 4.38. The molecule has 1 heterocycles. The fraction of sp³-hybridized carbons (Fsp3) is 0.889. The van der Waals surface area contributed by atoms with Gasteiger partial charge in [0.2, 0.25) is 5.91 Å². The summed E-state index contributed by atoms with van der Waals surface area (Å²) in [6.45, 7) is 1.92. The summed E-state index contributed by atoms with van der Waals surface area (Å²) in [7, 11) is 0. The monoisotopic (exact) mass is 184 g/mol. The Kier molecular flexibility index (Phi) is 2.80. The van der Waals surface area contributed by atoms with E-state index in [1.165, 1.54) is 0 Å². The highest BCUT2D eigenvalue weighted by Crippen LogP contribution is 2.28. The average molecular weight is 184 g/mol. The minimum atomic E-state index is 0.0607. The summed E-state index contributed by atoms with van der Waals surface area (Å²) in [4.78, 5) is 16.5. The lowest BCUT2D eigenvalue weighted by Gasteiger charge is -2.22. The van der Waals surface area contributed by atoms with Crippen LogP contribution in [0.15, 0.2) is 0 Å². The molecule has 13 heavy (non-hydrogen) atoms. The number of rotatable bonds is 3. The van der Waals surface area contributed by atoms with E-state index in [9.17, 15) is 4.79 Å². The van der Waals surface area contributed by atoms with Crippen molar-refractivity contribution in [3.63, 3.8) is 0 Å². The van der Waals surface area contributed by atoms with E-state index < -0.39 is 0 Å². The van der Waals surface area contributed by atoms with Crippen LogP contribution in [-0.4, -0.2) is 25.1 Å². The third-order valence-corrected chi connectivity index (χ3v) is 2.53. The Bertz CT molecular complexity index is 186. The molecule has 1 atom stereocenters. The highest BCUT2D eigenvalue weighted by Gasteiger charge is 2.30. The summed E-state index contributed by atoms with van der Waals surface area (Å²) >= 11 is 0. The minimum Gasteiger partial charge on any atom is -0.314 e. The molecule has 1 unspecified atom stereocenters. The van der Waals surface area contributed by atoms with Gasteiger partial charge in [-0.15, -0.1) is 0 Å². The molecular weight excluding hydrogens is 168 g/mol. The zero-order valence-corrected chi connectivity index (χ0v) is 7.71. The van der Waals surface area contributed by atoms with E-state index in [0.29, 0.717) is 0 Å². The summed E-state index contributed by atoms with van der Waals surface area (Å²) in [5.41, 5.74) is 2.54. The van der Waals surface area contributed by atoms with Crippen LogP contribution in [0.4, 0.5) is 0 Å². The number of amides is 1. The van der Waals surface area contributed by atoms with Crippen molar-refractivity contribution in [3.05, 3.63) is 0 Å². The second kappa shape index (κ2) is 4.07. The first-order valence-electron chi connectivity index (χ1n) is 5.02. The standard InChI is InChI=1S/C9H16N2O2/c12-9(7-3-4-7)11-13-8-2-1-5-10-6-8/h7-8,10H,1-6H2,(H,11,12). The van der Waals surface area contributed by atoms with E-state index in [1.54, 1.807) is 0 Å². The number of hydroxylamine groups is 1. The lowest BCUT2D eigenvalue weighted by atomic mass is 10.1. The lowest BCUT2D eigenvalue weighted by molar-refractivity contribution is -0.140. The average Bonchev–Trinajstić information content (AvgIpc) is 2.99. The second-order valence-electron chi connectivity index (χ2n) is 3.83. The molecule has 0 bridgehead atoms. The van der Waals surface area contributed by atoms with Crippen LogP contribution in [0.25, 0.3) is 0 Å². The number of piperidine rings is 1. The van der Waals surface area contributed by atoms with Crippen LogP contribution in [0.1, 0.15) is 25.7 Å². The van der Waals surface area contributed by atoms with Crippen molar-refractivity contribution in [1.29, 1.82) is 0 Å². The first-order chi connectivity index (χ1) is 6.36. The molecule has 1 aliphatic carbocycles. The summed E-state index contributed by atoms with van der Waals surface area (Å²) in [6, 6.07) is 0. The summed E-state index contributed by atoms with van der Waals surface area (Å²) < 4.78 is 0. The van der Waals surface area contributed by atoms with E-state index in [0.717, 1.165) is 38.8 Å². The van der Waals surface area contributed by atoms with Crippen molar-refractivity contribution in [2.24, 2.45) is 5.92 Å². The van der Waals surface area contributed by atoms with E-state index >= 15 is 0 Å². The molecule has 1 saturated heterocycles. The van der Waals surface area contributed by atoms with Gasteiger partial charge in [0.05, 0.1) is 6.10 Å². The summed E-state index contributed by atoms with van der Waals surface area (Å²) in [5.74, 6) is 0.294. The Labute approximate surface area is 78.0 Å². The van der Waals surface area contributed by atoms with Crippen LogP contribution in [0.2, 0.25) is 0 Å². The maximum Gasteiger partial charge on any atom is 0.246 e. The SMILES string of the molecule is O=C(NOC1CCCNC1)C1CC1. The molecule has 4 nitrogen and oxygen atoms in total. The Hall–Kier alpha value is -0.610. The molecule has 2 aliphatic rings. The molecule has 2 N–H and O–H groups in total. The molecule has 0 spiro atoms. The van der Waals surface area contributed by atoms with Crippen molar-refractivity contribution in [1.82, 2.24) is 10.8 Å². The third kappa shape index (κ3) is 2.67. The van der Waals surface area contributed by atoms with Crippen molar-refractivity contribution in [2.45, 2.75) is 31.8 Å². The Morgan fingerprint density at radius 1 is 1.38 bits per heavy atom. The van der Waals surface area contributed by atoms with Gasteiger partial charge >= 0.3 is 0 Å². The molecule has 0 aromatic rings. The van der Waals surface area contributed by atoms with Gasteiger partial charge in [0.1, 0.15) is 0 Å². The highest BCUT2D eigenvalue weighted by atomic mass is 16.7. The molecule has 4 heteroatoms. The number of hydrogen-bond donors (Lipinski definition) is 2. The van der Waals surface area contributed by atoms with Gasteiger partial charge in [0.15, 0.2) is 0 Å². The fourth-order valence-electron chi connectivity index (χ4n) is 1.49. The van der Waals surface area contributed by atoms with Crippen LogP contribution in [0, 0.1) is 5.92 Å². The van der Waals surface area contributed by atoms with Gasteiger partial charge < -0.3 is 5.32 Å². The largest absolute Gasteiger partial charge is 0.314 e. The molecule has 2 rings (SSSR count). The second-order valence-corrected chi connectivity index (χ2v) is 3.83. The smallest absolute Gasteiger partial charge is 0.246 e. The van der Waals surface area contributed by atoms with Gasteiger partial charge in [0, 0.05) is 12.5 Å². The molecular formula is C9H16N2O2. The topological polar surface area (TPSA) is 50.4 Å². The number of carbonyl (C=O) groups is 1. The molecule has 0 aromatic heterocycles. The summed E-state index contributed by atoms with van der Waals surface area (Å²) in [5, 5.41) is 3.23. The van der Waals surface area contributed by atoms with Crippen LogP contribution in [0.3, 0.4) is 0 Å². The van der Waals surface area contributed by atoms with Gasteiger partial charge in [-0.25, -0.2) is 5.48 Å². The zero-order valence-electron chi connectivity index (χ0n) is 7.71. The molecule has 1 amide bonds. The maximum absolute atomic E-state index is 11.2. The van der Waals surface area contributed by atoms with Crippen molar-refractivity contribution < 1.29 is 9.63 Å². The van der Waals surface area contributed by atoms with Crippen LogP contribution < -0.4 is 10.8 Å². The number of nitrogens with one attached hydrogen (secondary N) is 2. The van der Waals surface area contributed by atoms with Crippen LogP contribution in [0.5, 0.6) is 0 Å². The van der Waals surface area contributed by atoms with Crippen molar-refractivity contribution >= 4 is 5.91 Å². The Morgan fingerprint density at radius 3 is 2.85 bits per heavy atom. The third-order valence-electron chi connectivity index (χ3n) is 2.53. The molecule has 1 saturated carbocycles. The maximum atomic E-state index is 11.2. The predicted octanol–water partition coefficient (Wildman–Crippen LogP) is 0.196. The molecule has 2 fully saturated rings. The first-order valence-corrected chi connectivity index (χ1v) is 5.02. The quantitative estimate of drug-likeness (QED) is 0.616. The van der Waals surface area contributed by atoms with Crippen LogP contribution >= 0.6 is 0 Å². The Morgan fingerprint density at radius 2 is 2.23 bits per heavy atom. The van der Waals surface area contributed by atoms with Gasteiger partial charge in [-0.3, -0.25) is 9.63 Å². The first kappa shape index (κ1) is 8.97. The molecule has 0 radical (unpaired) electrons. The van der Waals surface area contributed by atoms with E-state index in [1.807, 2.05) is 0 Å². The molecule has 0 aromatic carbocycles. The van der Waals surface area contributed by atoms with Crippen molar-refractivity contribution in [2.75, 3.05) is 13.1 Å². The molecule has 74 valence electrons. The highest BCUT2D eigenvalue weighted by molar-refractivity contribution is 5.79. The minimum absolute atomic E-state index is 0.0607. The van der Waals surface area contributed by atoms with E-state index in [4.69, 9.17) is 4.84 Å². The van der Waals surface area contributed by atoms with E-state index in [2.05, 4.69) is 10.8 Å². The van der Waals surface area contributed by atoms with Crippen molar-refractivity contribution in [3.8, 4) is 0 Å². The number of carbonyl (C=O) groups excluding carboxylic acids is 1. The van der Waals surface area contributed by atoms with E-state index in [-0.39, 0.29) is 17.9 Å². The fourth-order valence-corrected chi connectivity index (χ4v) is 1.49. The molecule has 1 aliphatic heterocycles. The van der Waals surface area contributed by atoms with Gasteiger partial charge in [-0.1, -0.05) is 0 Å². The predicted molar refractivity (Wildman–Crippen MR) is 47.8 cm³/mol. The van der Waals surface area contributed by atoms with Gasteiger partial charge in [-0.2, -0.15) is 0 Å². The van der Waals surface area contributed by atoms with Gasteiger partial charge in [-0.05, 0) is 32.2 Å². The zero-order chi connectivity index (χ0) is 9.10. The lowest BCUT2D eigenvalue weighted by Crippen LogP contribution is -2.40. The van der Waals surface area contributed by atoms with Crippen LogP contribution in [-0.2, 0) is 9.63 Å². The van der Waals surface area contributed by atoms with Gasteiger partial charge in [0.25, 0.3) is 0 Å². The Balaban J connectivity index is 1.62.